The van der Waals surface area contributed by atoms with Crippen LogP contribution in [0.1, 0.15) is 27.2 Å². The van der Waals surface area contributed by atoms with Crippen molar-refractivity contribution in [2.75, 3.05) is 19.0 Å². The Kier molecular flexibility index (Phi) is 8.57. The van der Waals surface area contributed by atoms with Crippen molar-refractivity contribution in [2.45, 2.75) is 33.2 Å². The van der Waals surface area contributed by atoms with Gasteiger partial charge in [0.2, 0.25) is 0 Å². The van der Waals surface area contributed by atoms with Gasteiger partial charge in [-0.05, 0) is 13.3 Å². The van der Waals surface area contributed by atoms with E-state index in [4.69, 9.17) is 4.74 Å². The van der Waals surface area contributed by atoms with Gasteiger partial charge in [-0.15, -0.1) is 0 Å². The molecule has 0 saturated carbocycles. The summed E-state index contributed by atoms with van der Waals surface area (Å²) in [5.41, 5.74) is 0. The molecule has 1 saturated heterocycles. The lowest BCUT2D eigenvalue weighted by Gasteiger charge is -2.07. The van der Waals surface area contributed by atoms with Gasteiger partial charge >= 0.3 is 0 Å². The summed E-state index contributed by atoms with van der Waals surface area (Å²) in [6.45, 7) is 7.74. The highest BCUT2D eigenvalue weighted by Crippen LogP contribution is 2.12. The molecular formula is C8H19NOS. The van der Waals surface area contributed by atoms with Crippen molar-refractivity contribution in [3.05, 3.63) is 0 Å². The lowest BCUT2D eigenvalue weighted by atomic mass is 10.3. The molecule has 0 aliphatic carbocycles. The number of ether oxygens (including phenoxy) is 1. The van der Waals surface area contributed by atoms with Crippen LogP contribution in [0.4, 0.5) is 0 Å². The molecule has 1 heterocycles. The first-order valence-electron chi connectivity index (χ1n) is 4.38. The van der Waals surface area contributed by atoms with Crippen molar-refractivity contribution < 1.29 is 4.74 Å². The van der Waals surface area contributed by atoms with Gasteiger partial charge in [-0.2, -0.15) is 0 Å². The van der Waals surface area contributed by atoms with E-state index in [9.17, 15) is 0 Å². The van der Waals surface area contributed by atoms with Crippen LogP contribution in [0.15, 0.2) is 0 Å². The summed E-state index contributed by atoms with van der Waals surface area (Å²) in [5, 5.41) is 0. The van der Waals surface area contributed by atoms with Crippen molar-refractivity contribution >= 4 is 11.9 Å². The van der Waals surface area contributed by atoms with E-state index in [0.717, 1.165) is 13.2 Å². The minimum Gasteiger partial charge on any atom is -0.380 e. The van der Waals surface area contributed by atoms with Gasteiger partial charge in [0.1, 0.15) is 0 Å². The maximum Gasteiger partial charge on any atom is 0.0628 e. The monoisotopic (exact) mass is 177 g/mol. The van der Waals surface area contributed by atoms with Crippen LogP contribution >= 0.6 is 11.9 Å². The van der Waals surface area contributed by atoms with Crippen LogP contribution < -0.4 is 4.72 Å². The predicted octanol–water partition coefficient (Wildman–Crippen LogP) is 2.06. The zero-order valence-corrected chi connectivity index (χ0v) is 8.54. The Morgan fingerprint density at radius 3 is 2.73 bits per heavy atom. The Morgan fingerprint density at radius 1 is 1.55 bits per heavy atom. The highest BCUT2D eigenvalue weighted by Gasteiger charge is 2.13. The fraction of sp³-hybridized carbons (Fsp3) is 1.00. The molecule has 0 bridgehead atoms. The predicted molar refractivity (Wildman–Crippen MR) is 51.8 cm³/mol. The van der Waals surface area contributed by atoms with E-state index in [1.807, 2.05) is 20.8 Å². The number of nitrogens with one attached hydrogen (secondary N) is 1. The first-order chi connectivity index (χ1) is 5.43. The molecule has 1 atom stereocenters. The third kappa shape index (κ3) is 5.53. The Labute approximate surface area is 74.2 Å². The molecule has 3 heteroatoms. The summed E-state index contributed by atoms with van der Waals surface area (Å²) in [7, 11) is 0. The second-order valence-corrected chi connectivity index (χ2v) is 3.04. The molecule has 0 aromatic carbocycles. The van der Waals surface area contributed by atoms with Crippen molar-refractivity contribution in [1.82, 2.24) is 4.72 Å². The van der Waals surface area contributed by atoms with Gasteiger partial charge in [0.15, 0.2) is 0 Å². The molecule has 0 spiro atoms. The lowest BCUT2D eigenvalue weighted by molar-refractivity contribution is 0.131. The van der Waals surface area contributed by atoms with Gasteiger partial charge in [-0.25, -0.2) is 0 Å². The minimum absolute atomic E-state index is 0.606. The SMILES string of the molecule is CC.CCOCC1CCSN1. The number of hydrogen-bond donors (Lipinski definition) is 1. The number of hydrogen-bond acceptors (Lipinski definition) is 3. The Morgan fingerprint density at radius 2 is 2.27 bits per heavy atom. The van der Waals surface area contributed by atoms with E-state index in [-0.39, 0.29) is 0 Å². The second-order valence-electron chi connectivity index (χ2n) is 2.11. The van der Waals surface area contributed by atoms with Gasteiger partial charge in [0, 0.05) is 18.4 Å². The fourth-order valence-electron chi connectivity index (χ4n) is 0.814. The third-order valence-electron chi connectivity index (χ3n) is 1.34. The molecule has 0 aromatic rings. The molecular weight excluding hydrogens is 158 g/mol. The molecule has 1 rings (SSSR count). The quantitative estimate of drug-likeness (QED) is 0.667. The van der Waals surface area contributed by atoms with Gasteiger partial charge in [0.05, 0.1) is 6.61 Å². The van der Waals surface area contributed by atoms with E-state index in [0.29, 0.717) is 6.04 Å². The Balaban J connectivity index is 0.000000461. The summed E-state index contributed by atoms with van der Waals surface area (Å²) in [5.74, 6) is 1.23. The van der Waals surface area contributed by atoms with Gasteiger partial charge < -0.3 is 4.74 Å². The smallest absolute Gasteiger partial charge is 0.0628 e. The highest BCUT2D eigenvalue weighted by atomic mass is 32.2. The van der Waals surface area contributed by atoms with E-state index >= 15 is 0 Å². The molecule has 1 aliphatic rings. The van der Waals surface area contributed by atoms with Crippen LogP contribution in [0, 0.1) is 0 Å². The average molecular weight is 177 g/mol. The summed E-state index contributed by atoms with van der Waals surface area (Å²) >= 11 is 1.80. The molecule has 1 fully saturated rings. The zero-order chi connectivity index (χ0) is 8.53. The van der Waals surface area contributed by atoms with Crippen molar-refractivity contribution in [1.29, 1.82) is 0 Å². The van der Waals surface area contributed by atoms with E-state index in [2.05, 4.69) is 4.72 Å². The first kappa shape index (κ1) is 11.3. The summed E-state index contributed by atoms with van der Waals surface area (Å²) in [6.07, 6.45) is 1.25. The van der Waals surface area contributed by atoms with Crippen LogP contribution in [-0.4, -0.2) is 25.0 Å². The Bertz CT molecular complexity index is 74.5. The summed E-state index contributed by atoms with van der Waals surface area (Å²) in [6, 6.07) is 0.606. The standard InChI is InChI=1S/C6H13NOS.C2H6/c1-2-8-5-6-3-4-9-7-6;1-2/h6-7H,2-5H2,1H3;1-2H3. The maximum atomic E-state index is 5.24. The minimum atomic E-state index is 0.606. The molecule has 1 N–H and O–H groups in total. The maximum absolute atomic E-state index is 5.24. The zero-order valence-electron chi connectivity index (χ0n) is 7.72. The van der Waals surface area contributed by atoms with Crippen LogP contribution in [0.25, 0.3) is 0 Å². The molecule has 68 valence electrons. The summed E-state index contributed by atoms with van der Waals surface area (Å²) < 4.78 is 8.52. The average Bonchev–Trinajstić information content (AvgIpc) is 2.57. The molecule has 0 amide bonds. The summed E-state index contributed by atoms with van der Waals surface area (Å²) in [4.78, 5) is 0. The van der Waals surface area contributed by atoms with Gasteiger partial charge in [-0.3, -0.25) is 4.72 Å². The van der Waals surface area contributed by atoms with E-state index < -0.39 is 0 Å². The van der Waals surface area contributed by atoms with Crippen molar-refractivity contribution in [3.63, 3.8) is 0 Å². The van der Waals surface area contributed by atoms with E-state index in [1.54, 1.807) is 11.9 Å². The van der Waals surface area contributed by atoms with E-state index in [1.165, 1.54) is 12.2 Å². The van der Waals surface area contributed by atoms with Crippen LogP contribution in [0.2, 0.25) is 0 Å². The van der Waals surface area contributed by atoms with Crippen LogP contribution in [-0.2, 0) is 4.74 Å². The van der Waals surface area contributed by atoms with Crippen LogP contribution in [0.3, 0.4) is 0 Å². The van der Waals surface area contributed by atoms with Crippen LogP contribution in [0.5, 0.6) is 0 Å². The molecule has 1 unspecified atom stereocenters. The molecule has 1 aliphatic heterocycles. The van der Waals surface area contributed by atoms with Gasteiger partial charge in [-0.1, -0.05) is 25.8 Å². The normalized spacial score (nSPS) is 22.6. The third-order valence-corrected chi connectivity index (χ3v) is 2.28. The molecule has 0 radical (unpaired) electrons. The topological polar surface area (TPSA) is 21.3 Å². The first-order valence-corrected chi connectivity index (χ1v) is 5.37. The lowest BCUT2D eigenvalue weighted by Crippen LogP contribution is -2.23. The highest BCUT2D eigenvalue weighted by molar-refractivity contribution is 7.97. The largest absolute Gasteiger partial charge is 0.380 e. The molecule has 11 heavy (non-hydrogen) atoms. The van der Waals surface area contributed by atoms with Crippen molar-refractivity contribution in [3.8, 4) is 0 Å². The molecule has 2 nitrogen and oxygen atoms in total. The Hall–Kier alpha value is 0.270. The van der Waals surface area contributed by atoms with Gasteiger partial charge in [0.25, 0.3) is 0 Å². The fourth-order valence-corrected chi connectivity index (χ4v) is 1.76. The second kappa shape index (κ2) is 8.37. The van der Waals surface area contributed by atoms with Crippen molar-refractivity contribution in [2.24, 2.45) is 0 Å². The molecule has 0 aromatic heterocycles. The number of rotatable bonds is 3.